The molecule has 1 aliphatic heterocycles. The first-order valence-corrected chi connectivity index (χ1v) is 18.8. The molecule has 5 nitrogen and oxygen atoms in total. The quantitative estimate of drug-likeness (QED) is 0.303. The van der Waals surface area contributed by atoms with Crippen LogP contribution in [0, 0.1) is 0 Å². The normalized spacial score (nSPS) is 19.4. The van der Waals surface area contributed by atoms with Crippen LogP contribution in [0.5, 0.6) is 0 Å². The number of ether oxygens (including phenoxy) is 1. The van der Waals surface area contributed by atoms with Gasteiger partial charge in [-0.25, -0.2) is 9.34 Å². The molecule has 1 saturated heterocycles. The predicted octanol–water partition coefficient (Wildman–Crippen LogP) is 6.09. The lowest BCUT2D eigenvalue weighted by Gasteiger charge is -2.48. The van der Waals surface area contributed by atoms with Crippen LogP contribution in [0.3, 0.4) is 0 Å². The van der Waals surface area contributed by atoms with Gasteiger partial charge in [0.1, 0.15) is 0 Å². The van der Waals surface area contributed by atoms with Crippen LogP contribution in [0.25, 0.3) is 0 Å². The third kappa shape index (κ3) is 5.51. The van der Waals surface area contributed by atoms with Crippen molar-refractivity contribution in [3.63, 3.8) is 0 Å². The Morgan fingerprint density at radius 3 is 1.76 bits per heavy atom. The molecule has 0 radical (unpaired) electrons. The number of benzene rings is 2. The first kappa shape index (κ1) is 29.7. The van der Waals surface area contributed by atoms with Crippen molar-refractivity contribution in [1.29, 1.82) is 0 Å². The molecule has 1 fully saturated rings. The fourth-order valence-corrected chi connectivity index (χ4v) is 14.8. The van der Waals surface area contributed by atoms with Crippen molar-refractivity contribution in [2.75, 3.05) is 52.5 Å². The Morgan fingerprint density at radius 1 is 0.842 bits per heavy atom. The minimum atomic E-state index is -2.99. The second kappa shape index (κ2) is 13.4. The van der Waals surface area contributed by atoms with E-state index in [-0.39, 0.29) is 5.66 Å². The molecule has 0 amide bonds. The number of allylic oxidation sites excluding steroid dienone is 2. The van der Waals surface area contributed by atoms with Crippen LogP contribution < -0.4 is 10.6 Å². The van der Waals surface area contributed by atoms with Crippen LogP contribution >= 0.6 is 13.5 Å². The molecule has 2 aromatic carbocycles. The van der Waals surface area contributed by atoms with E-state index in [1.54, 1.807) is 0 Å². The van der Waals surface area contributed by atoms with Crippen molar-refractivity contribution in [3.05, 3.63) is 71.7 Å². The number of hydrogen-bond donors (Lipinski definition) is 0. The fraction of sp³-hybridized carbons (Fsp3) is 0.533. The number of rotatable bonds is 11. The highest BCUT2D eigenvalue weighted by Gasteiger charge is 2.47. The Kier molecular flexibility index (Phi) is 10.5. The Morgan fingerprint density at radius 2 is 1.32 bits per heavy atom. The van der Waals surface area contributed by atoms with E-state index in [0.29, 0.717) is 13.2 Å². The molecule has 1 heterocycles. The summed E-state index contributed by atoms with van der Waals surface area (Å²) in [5.41, 5.74) is 1.42. The van der Waals surface area contributed by atoms with Gasteiger partial charge in [0.2, 0.25) is 7.44 Å². The summed E-state index contributed by atoms with van der Waals surface area (Å²) >= 11 is 6.92. The van der Waals surface area contributed by atoms with Gasteiger partial charge in [0.15, 0.2) is 0 Å². The van der Waals surface area contributed by atoms with Gasteiger partial charge in [0.05, 0.1) is 13.2 Å². The van der Waals surface area contributed by atoms with Crippen molar-refractivity contribution in [1.82, 2.24) is 14.2 Å². The van der Waals surface area contributed by atoms with E-state index in [2.05, 4.69) is 103 Å². The molecule has 8 heteroatoms. The van der Waals surface area contributed by atoms with E-state index in [4.69, 9.17) is 16.5 Å². The molecule has 2 aromatic rings. The molecule has 0 N–H and O–H groups in total. The molecule has 1 atom stereocenters. The average Bonchev–Trinajstić information content (AvgIpc) is 2.99. The van der Waals surface area contributed by atoms with Crippen molar-refractivity contribution in [3.8, 4) is 0 Å². The maximum Gasteiger partial charge on any atom is 0.243 e. The zero-order chi connectivity index (χ0) is 27.2. The molecule has 0 spiro atoms. The maximum atomic E-state index is 15.6. The van der Waals surface area contributed by atoms with Gasteiger partial charge in [0, 0.05) is 62.0 Å². The van der Waals surface area contributed by atoms with Gasteiger partial charge >= 0.3 is 0 Å². The van der Waals surface area contributed by atoms with E-state index >= 15 is 4.57 Å². The van der Waals surface area contributed by atoms with Gasteiger partial charge in [-0.15, -0.1) is 0 Å². The van der Waals surface area contributed by atoms with Gasteiger partial charge < -0.3 is 9.64 Å². The fourth-order valence-electron chi connectivity index (χ4n) is 6.31. The predicted molar refractivity (Wildman–Crippen MR) is 167 cm³/mol. The van der Waals surface area contributed by atoms with Crippen molar-refractivity contribution >= 4 is 35.9 Å². The molecule has 2 aliphatic rings. The van der Waals surface area contributed by atoms with Crippen LogP contribution in [0.4, 0.5) is 0 Å². The topological polar surface area (TPSA) is 36.0 Å². The Bertz CT molecular complexity index is 1100. The number of nitrogens with zero attached hydrogens (tertiary/aromatic N) is 3. The minimum absolute atomic E-state index is 0.142. The van der Waals surface area contributed by atoms with Gasteiger partial charge in [-0.1, -0.05) is 100 Å². The molecular weight excluding hydrogens is 528 g/mol. The highest BCUT2D eigenvalue weighted by Crippen LogP contribution is 2.67. The van der Waals surface area contributed by atoms with Gasteiger partial charge in [-0.05, 0) is 29.9 Å². The lowest BCUT2D eigenvalue weighted by Crippen LogP contribution is -2.44. The summed E-state index contributed by atoms with van der Waals surface area (Å²) in [5, 5.41) is 3.65. The number of hydrogen-bond acceptors (Lipinski definition) is 4. The van der Waals surface area contributed by atoms with Crippen molar-refractivity contribution in [2.45, 2.75) is 52.6 Å². The molecule has 38 heavy (non-hydrogen) atoms. The van der Waals surface area contributed by atoms with Crippen LogP contribution in [0.2, 0.25) is 0 Å². The summed E-state index contributed by atoms with van der Waals surface area (Å²) in [5.74, 6) is 0. The van der Waals surface area contributed by atoms with Crippen molar-refractivity contribution < 1.29 is 9.30 Å². The van der Waals surface area contributed by atoms with E-state index in [9.17, 15) is 0 Å². The van der Waals surface area contributed by atoms with Gasteiger partial charge in [-0.3, -0.25) is 4.57 Å². The summed E-state index contributed by atoms with van der Waals surface area (Å²) in [6.07, 6.45) is 2.90. The lowest BCUT2D eigenvalue weighted by atomic mass is 10.0. The van der Waals surface area contributed by atoms with E-state index in [0.717, 1.165) is 63.8 Å². The zero-order valence-corrected chi connectivity index (χ0v) is 26.2. The van der Waals surface area contributed by atoms with Gasteiger partial charge in [0.25, 0.3) is 0 Å². The highest BCUT2D eigenvalue weighted by atomic mass is 32.4. The van der Waals surface area contributed by atoms with Crippen LogP contribution in [-0.4, -0.2) is 72.4 Å². The zero-order valence-electron chi connectivity index (χ0n) is 23.6. The third-order valence-corrected chi connectivity index (χ3v) is 17.5. The number of morpholine rings is 1. The summed E-state index contributed by atoms with van der Waals surface area (Å²) in [6, 6.07) is 19.3. The first-order chi connectivity index (χ1) is 18.5. The van der Waals surface area contributed by atoms with E-state index < -0.39 is 13.5 Å². The summed E-state index contributed by atoms with van der Waals surface area (Å²) in [4.78, 5) is 2.51. The highest BCUT2D eigenvalue weighted by molar-refractivity contribution is 8.22. The molecule has 1 unspecified atom stereocenters. The molecule has 208 valence electrons. The summed E-state index contributed by atoms with van der Waals surface area (Å²) in [7, 11) is -2.99. The molecule has 4 rings (SSSR count). The van der Waals surface area contributed by atoms with Gasteiger partial charge in [-0.2, -0.15) is 0 Å². The first-order valence-electron chi connectivity index (χ1n) is 14.3. The molecular formula is C30H45N3O2P2S. The Balaban J connectivity index is 2.04. The van der Waals surface area contributed by atoms with E-state index in [1.165, 1.54) is 16.3 Å². The van der Waals surface area contributed by atoms with Crippen LogP contribution in [0.1, 0.15) is 47.0 Å². The van der Waals surface area contributed by atoms with Crippen LogP contribution in [-0.2, 0) is 21.1 Å². The maximum absolute atomic E-state index is 15.6. The van der Waals surface area contributed by atoms with Crippen LogP contribution in [0.15, 0.2) is 71.7 Å². The minimum Gasteiger partial charge on any atom is -0.378 e. The smallest absolute Gasteiger partial charge is 0.243 e. The van der Waals surface area contributed by atoms with Crippen molar-refractivity contribution in [2.24, 2.45) is 0 Å². The largest absolute Gasteiger partial charge is 0.378 e. The third-order valence-electron chi connectivity index (χ3n) is 8.15. The summed E-state index contributed by atoms with van der Waals surface area (Å²) < 4.78 is 25.9. The molecule has 0 aromatic heterocycles. The average molecular weight is 574 g/mol. The Labute approximate surface area is 235 Å². The standard InChI is InChI=1S/C30H45N3O2P2S/c1-5-32(6-2)37(34,33(7-3)8-4)29-21-15-20-28(30(29)31-22-24-35-25-23-31)36(38,26-16-11-9-12-17-26)27-18-13-10-14-19-27/h9-14,16-19,28H,5-8,15,20-25H2,1-4H3. The lowest BCUT2D eigenvalue weighted by molar-refractivity contribution is 0.0512. The molecule has 1 aliphatic carbocycles. The second-order valence-electron chi connectivity index (χ2n) is 9.99. The monoisotopic (exact) mass is 573 g/mol. The Hall–Kier alpha value is -1.26. The van der Waals surface area contributed by atoms with E-state index in [1.807, 2.05) is 0 Å². The summed E-state index contributed by atoms with van der Waals surface area (Å²) in [6.45, 7) is 14.7. The molecule has 0 saturated carbocycles. The SMILES string of the molecule is CCN(CC)P(=O)(C1=C(N2CCOCC2)C(P(=S)(c2ccccc2)c2ccccc2)CCC1)N(CC)CC. The second-order valence-corrected chi connectivity index (χ2v) is 17.4. The molecule has 0 bridgehead atoms.